The first-order valence-electron chi connectivity index (χ1n) is 5.27. The molecule has 0 aliphatic carbocycles. The second kappa shape index (κ2) is 7.13. The third-order valence-electron chi connectivity index (χ3n) is 2.36. The van der Waals surface area contributed by atoms with Crippen molar-refractivity contribution in [2.45, 2.75) is 24.7 Å². The first-order chi connectivity index (χ1) is 7.63. The normalized spacial score (nSPS) is 12.8. The Kier molecular flexibility index (Phi) is 6.14. The lowest BCUT2D eigenvalue weighted by atomic mass is 10.1. The second-order valence-corrected chi connectivity index (χ2v) is 5.31. The van der Waals surface area contributed by atoms with E-state index in [1.165, 1.54) is 23.9 Å². The van der Waals surface area contributed by atoms with Crippen molar-refractivity contribution in [1.29, 1.82) is 0 Å². The minimum absolute atomic E-state index is 0.351. The van der Waals surface area contributed by atoms with Crippen LogP contribution < -0.4 is 0 Å². The molecule has 1 rings (SSSR count). The van der Waals surface area contributed by atoms with Crippen LogP contribution in [0.4, 0.5) is 8.78 Å². The van der Waals surface area contributed by atoms with Gasteiger partial charge in [-0.2, -0.15) is 0 Å². The van der Waals surface area contributed by atoms with E-state index in [-0.39, 0.29) is 5.82 Å². The molecular formula is C12H15ClF2S. The highest BCUT2D eigenvalue weighted by atomic mass is 35.5. The minimum atomic E-state index is -0.391. The molecule has 0 nitrogen and oxygen atoms in total. The second-order valence-electron chi connectivity index (χ2n) is 3.79. The molecule has 0 N–H and O–H groups in total. The van der Waals surface area contributed by atoms with Crippen LogP contribution in [0.1, 0.15) is 19.8 Å². The van der Waals surface area contributed by atoms with Crippen LogP contribution in [-0.2, 0) is 0 Å². The molecule has 0 saturated heterocycles. The Hall–Kier alpha value is -0.280. The topological polar surface area (TPSA) is 0 Å². The Morgan fingerprint density at radius 3 is 2.75 bits per heavy atom. The predicted molar refractivity (Wildman–Crippen MR) is 66.2 cm³/mol. The number of thioether (sulfide) groups is 1. The third kappa shape index (κ3) is 4.71. The Balaban J connectivity index is 2.39. The average molecular weight is 265 g/mol. The summed E-state index contributed by atoms with van der Waals surface area (Å²) >= 11 is 6.98. The van der Waals surface area contributed by atoms with Gasteiger partial charge in [-0.3, -0.25) is 0 Å². The lowest BCUT2D eigenvalue weighted by molar-refractivity contribution is 0.550. The van der Waals surface area contributed by atoms with E-state index in [9.17, 15) is 8.78 Å². The molecule has 1 aromatic rings. The van der Waals surface area contributed by atoms with E-state index in [1.54, 1.807) is 0 Å². The Bertz CT molecular complexity index is 331. The summed E-state index contributed by atoms with van der Waals surface area (Å²) in [4.78, 5) is 0.387. The van der Waals surface area contributed by atoms with Crippen LogP contribution >= 0.6 is 23.4 Å². The molecule has 0 aliphatic heterocycles. The lowest BCUT2D eigenvalue weighted by Gasteiger charge is -2.09. The van der Waals surface area contributed by atoms with Crippen molar-refractivity contribution in [1.82, 2.24) is 0 Å². The van der Waals surface area contributed by atoms with Crippen LogP contribution in [0.3, 0.4) is 0 Å². The zero-order chi connectivity index (χ0) is 12.0. The predicted octanol–water partition coefficient (Wildman–Crippen LogP) is 4.71. The van der Waals surface area contributed by atoms with Crippen molar-refractivity contribution in [2.24, 2.45) is 5.92 Å². The molecule has 0 amide bonds. The van der Waals surface area contributed by atoms with E-state index in [0.29, 0.717) is 16.7 Å². The van der Waals surface area contributed by atoms with E-state index in [1.807, 2.05) is 0 Å². The van der Waals surface area contributed by atoms with Gasteiger partial charge in [0.15, 0.2) is 0 Å². The maximum atomic E-state index is 13.2. The van der Waals surface area contributed by atoms with Gasteiger partial charge in [-0.15, -0.1) is 23.4 Å². The Morgan fingerprint density at radius 2 is 2.06 bits per heavy atom. The molecule has 0 aromatic heterocycles. The summed E-state index contributed by atoms with van der Waals surface area (Å²) in [7, 11) is 0. The lowest BCUT2D eigenvalue weighted by Crippen LogP contribution is -1.97. The van der Waals surface area contributed by atoms with Gasteiger partial charge < -0.3 is 0 Å². The zero-order valence-electron chi connectivity index (χ0n) is 9.18. The number of alkyl halides is 1. The molecule has 0 spiro atoms. The number of benzene rings is 1. The van der Waals surface area contributed by atoms with E-state index in [0.717, 1.165) is 24.7 Å². The van der Waals surface area contributed by atoms with E-state index >= 15 is 0 Å². The molecule has 0 fully saturated rings. The molecule has 90 valence electrons. The summed E-state index contributed by atoms with van der Waals surface area (Å²) in [6.07, 6.45) is 1.93. The van der Waals surface area contributed by atoms with E-state index < -0.39 is 5.82 Å². The molecular weight excluding hydrogens is 250 g/mol. The highest BCUT2D eigenvalue weighted by Gasteiger charge is 2.06. The Labute approximate surface area is 104 Å². The standard InChI is InChI=1S/C12H15ClF2S/c1-9(4-6-13)5-7-16-12-8-10(14)2-3-11(12)15/h2-3,8-9H,4-7H2,1H3. The summed E-state index contributed by atoms with van der Waals surface area (Å²) in [6.45, 7) is 2.12. The fraction of sp³-hybridized carbons (Fsp3) is 0.500. The van der Waals surface area contributed by atoms with Crippen molar-refractivity contribution >= 4 is 23.4 Å². The van der Waals surface area contributed by atoms with Gasteiger partial charge in [0, 0.05) is 10.8 Å². The van der Waals surface area contributed by atoms with Crippen molar-refractivity contribution in [3.63, 3.8) is 0 Å². The Morgan fingerprint density at radius 1 is 1.31 bits per heavy atom. The fourth-order valence-corrected chi connectivity index (χ4v) is 2.80. The molecule has 1 unspecified atom stereocenters. The average Bonchev–Trinajstić information content (AvgIpc) is 2.23. The fourth-order valence-electron chi connectivity index (χ4n) is 1.29. The first-order valence-corrected chi connectivity index (χ1v) is 6.79. The first kappa shape index (κ1) is 13.8. The van der Waals surface area contributed by atoms with E-state index in [2.05, 4.69) is 6.92 Å². The van der Waals surface area contributed by atoms with E-state index in [4.69, 9.17) is 11.6 Å². The van der Waals surface area contributed by atoms with Crippen molar-refractivity contribution in [3.05, 3.63) is 29.8 Å². The SMILES string of the molecule is CC(CCCl)CCSc1cc(F)ccc1F. The molecule has 1 atom stereocenters. The molecule has 0 heterocycles. The summed E-state index contributed by atoms with van der Waals surface area (Å²) < 4.78 is 26.1. The smallest absolute Gasteiger partial charge is 0.136 e. The van der Waals surface area contributed by atoms with Crippen LogP contribution in [0.15, 0.2) is 23.1 Å². The van der Waals surface area contributed by atoms with Crippen molar-refractivity contribution in [2.75, 3.05) is 11.6 Å². The number of halogens is 3. The highest BCUT2D eigenvalue weighted by Crippen LogP contribution is 2.25. The maximum absolute atomic E-state index is 13.2. The zero-order valence-corrected chi connectivity index (χ0v) is 10.8. The van der Waals surface area contributed by atoms with Gasteiger partial charge in [-0.05, 0) is 42.7 Å². The third-order valence-corrected chi connectivity index (χ3v) is 3.65. The molecule has 16 heavy (non-hydrogen) atoms. The largest absolute Gasteiger partial charge is 0.207 e. The summed E-state index contributed by atoms with van der Waals surface area (Å²) in [5.74, 6) is 1.23. The minimum Gasteiger partial charge on any atom is -0.207 e. The number of hydrogen-bond acceptors (Lipinski definition) is 1. The van der Waals surface area contributed by atoms with Crippen LogP contribution in [0.5, 0.6) is 0 Å². The van der Waals surface area contributed by atoms with Crippen LogP contribution in [0, 0.1) is 17.6 Å². The van der Waals surface area contributed by atoms with Crippen LogP contribution in [0.25, 0.3) is 0 Å². The van der Waals surface area contributed by atoms with Gasteiger partial charge in [-0.25, -0.2) is 8.78 Å². The molecule has 0 saturated carbocycles. The van der Waals surface area contributed by atoms with Crippen LogP contribution in [0.2, 0.25) is 0 Å². The maximum Gasteiger partial charge on any atom is 0.136 e. The summed E-state index contributed by atoms with van der Waals surface area (Å²) in [5.41, 5.74) is 0. The number of hydrogen-bond donors (Lipinski definition) is 0. The summed E-state index contributed by atoms with van der Waals surface area (Å²) in [5, 5.41) is 0. The van der Waals surface area contributed by atoms with Gasteiger partial charge in [-0.1, -0.05) is 6.92 Å². The summed E-state index contributed by atoms with van der Waals surface area (Å²) in [6, 6.07) is 3.54. The highest BCUT2D eigenvalue weighted by molar-refractivity contribution is 7.99. The van der Waals surface area contributed by atoms with Crippen molar-refractivity contribution < 1.29 is 8.78 Å². The van der Waals surface area contributed by atoms with Gasteiger partial charge >= 0.3 is 0 Å². The molecule has 1 aromatic carbocycles. The monoisotopic (exact) mass is 264 g/mol. The molecule has 0 radical (unpaired) electrons. The van der Waals surface area contributed by atoms with Crippen molar-refractivity contribution in [3.8, 4) is 0 Å². The molecule has 4 heteroatoms. The van der Waals surface area contributed by atoms with Gasteiger partial charge in [0.1, 0.15) is 11.6 Å². The molecule has 0 aliphatic rings. The van der Waals surface area contributed by atoms with Gasteiger partial charge in [0.25, 0.3) is 0 Å². The van der Waals surface area contributed by atoms with Gasteiger partial charge in [0.2, 0.25) is 0 Å². The van der Waals surface area contributed by atoms with Gasteiger partial charge in [0.05, 0.1) is 0 Å². The molecule has 0 bridgehead atoms. The van der Waals surface area contributed by atoms with Crippen LogP contribution in [-0.4, -0.2) is 11.6 Å². The number of rotatable bonds is 6. The quantitative estimate of drug-likeness (QED) is 0.530.